The summed E-state index contributed by atoms with van der Waals surface area (Å²) in [5, 5.41) is 8.84. The number of likely N-dealkylation sites (tertiary alicyclic amines) is 1. The third-order valence-electron chi connectivity index (χ3n) is 26.4. The van der Waals surface area contributed by atoms with E-state index in [0.717, 1.165) is 64.2 Å². The Kier molecular flexibility index (Phi) is 29.8. The predicted octanol–water partition coefficient (Wildman–Crippen LogP) is 7.37. The molecule has 608 valence electrons. The van der Waals surface area contributed by atoms with Gasteiger partial charge in [0.05, 0.1) is 49.7 Å². The molecule has 12 rings (SSSR count). The Morgan fingerprint density at radius 2 is 1.30 bits per heavy atom. The quantitative estimate of drug-likeness (QED) is 0.116. The number of hydrogen-bond acceptors (Lipinski definition) is 14. The maximum atomic E-state index is 16.0. The predicted molar refractivity (Wildman–Crippen MR) is 416 cm³/mol. The minimum Gasteiger partial charge on any atom is -0.373 e. The van der Waals surface area contributed by atoms with Crippen molar-refractivity contribution in [2.45, 2.75) is 297 Å². The van der Waals surface area contributed by atoms with Gasteiger partial charge in [-0.1, -0.05) is 71.3 Å². The fourth-order valence-corrected chi connectivity index (χ4v) is 20.1. The van der Waals surface area contributed by atoms with Crippen molar-refractivity contribution in [3.05, 3.63) is 24.3 Å². The summed E-state index contributed by atoms with van der Waals surface area (Å²) < 4.78 is 6.64. The second kappa shape index (κ2) is 38.1. The number of carbonyl (C=O) groups excluding carboxylic acids is 12. The Morgan fingerprint density at radius 3 is 1.96 bits per heavy atom. The van der Waals surface area contributed by atoms with Crippen LogP contribution in [0.4, 0.5) is 0 Å². The number of ether oxygens (including phenoxy) is 1. The lowest BCUT2D eigenvalue weighted by molar-refractivity contribution is -0.161. The smallest absolute Gasteiger partial charge is 0.248 e. The van der Waals surface area contributed by atoms with Gasteiger partial charge in [0.2, 0.25) is 65.0 Å². The Balaban J connectivity index is 1.05. The number of ketones is 1. The average Bonchev–Trinajstić information content (AvgIpc) is 1.55. The number of nitrogens with one attached hydrogen (secondary N) is 3. The standard InChI is InChI=1S/C82H128Cl2N12O13/c1-11-52(2)72-78(106)89(6)49-71(101)90(7)57-26-15-13-19-40-95(70(100)43-57)64-42-55-32-30-53(31-33-55)23-14-12-16-29-63(74(102)86-72)91(8)69(99)45-66(77(105)94-38-20-21-39-94)92(9)79(107)73(56-24-17-18-25-56)93(10)80(108)82(50-81(3,4)51-82)87-75(103)65-44-59(109-58-27-22-28-58)46-96(65)76(104)62(85-68(98)48-88(5)47-67(64)97)37-35-54-34-36-60(83)61(84)41-54/h13-15,23,52-66,72-73H,11-12,16-22,24-51H2,1-10H3,(H,85,98)(H,86,102)(H,87,103)/b15-13-,23-14+/t52-,53?,54?,55?,57-,59+,60?,61?,62-,63-,64-,65-,66-,72-,73-/m0/s1. The Labute approximate surface area is 657 Å². The van der Waals surface area contributed by atoms with Gasteiger partial charge in [0.25, 0.3) is 0 Å². The Morgan fingerprint density at radius 1 is 0.596 bits per heavy atom. The number of alkyl halides is 2. The number of fused-ring (bicyclic) bond motifs is 23. The highest BCUT2D eigenvalue weighted by Gasteiger charge is 2.59. The number of amides is 11. The van der Waals surface area contributed by atoms with Crippen LogP contribution in [-0.4, -0.2) is 280 Å². The van der Waals surface area contributed by atoms with Crippen LogP contribution in [0.1, 0.15) is 220 Å². The minimum absolute atomic E-state index is 0.0326. The van der Waals surface area contributed by atoms with E-state index in [2.05, 4.69) is 28.1 Å². The van der Waals surface area contributed by atoms with Crippen LogP contribution >= 0.6 is 23.2 Å². The normalized spacial score (nSPS) is 34.1. The van der Waals surface area contributed by atoms with Crippen molar-refractivity contribution in [2.75, 3.05) is 88.1 Å². The van der Waals surface area contributed by atoms with Crippen LogP contribution in [0.2, 0.25) is 0 Å². The SMILES string of the molecule is CC[C@H](C)[C@@H]1NC(=O)[C@@H]2CCC/C=C/C3CCC(CC3)C[C@@H](C(=O)CN(C)CC(=O)N[C@@H](CCC3CCC(Cl)C(Cl)C3)C(=O)N3C[C@H](OC4CCC4)C[C@H]3C(=O)NC3(CC(C)(C)C3)C(=O)N(C)[C@@H](C3CCCC3)C(=O)N(C)[C@H](C(=O)N3CCCC3)CC(=O)N2C)N2CC/C=C\C[C@@H](CC2=O)N(C)C(=O)CN(C)C1=O. The molecule has 1 spiro atoms. The second-order valence-electron chi connectivity index (χ2n) is 35.2. The molecule has 3 unspecified atom stereocenters. The van der Waals surface area contributed by atoms with Crippen molar-refractivity contribution in [3.63, 3.8) is 0 Å². The highest BCUT2D eigenvalue weighted by Crippen LogP contribution is 2.50. The number of rotatable bonds is 9. The Bertz CT molecular complexity index is 3320. The molecule has 0 radical (unpaired) electrons. The number of hydrogen-bond donors (Lipinski definition) is 3. The number of halogens is 2. The van der Waals surface area contributed by atoms with Crippen molar-refractivity contribution in [1.82, 2.24) is 60.0 Å². The number of likely N-dealkylation sites (N-methyl/N-ethyl adjacent to an activating group) is 6. The van der Waals surface area contributed by atoms with Crippen LogP contribution in [-0.2, 0) is 62.3 Å². The topological polar surface area (TPSA) is 279 Å². The van der Waals surface area contributed by atoms with Crippen molar-refractivity contribution >= 4 is 94.0 Å². The monoisotopic (exact) mass is 1560 g/mol. The van der Waals surface area contributed by atoms with E-state index < -0.39 is 143 Å². The fourth-order valence-electron chi connectivity index (χ4n) is 19.4. The molecule has 0 aromatic rings. The largest absolute Gasteiger partial charge is 0.373 e. The molecule has 13 atom stereocenters. The first kappa shape index (κ1) is 85.3. The van der Waals surface area contributed by atoms with Crippen LogP contribution in [0.3, 0.4) is 0 Å². The molecular weight excluding hydrogens is 1430 g/mol. The van der Waals surface area contributed by atoms with E-state index in [1.807, 2.05) is 39.8 Å². The van der Waals surface area contributed by atoms with E-state index in [0.29, 0.717) is 96.6 Å². The summed E-state index contributed by atoms with van der Waals surface area (Å²) in [4.78, 5) is 198. The lowest BCUT2D eigenvalue weighted by Crippen LogP contribution is -2.71. The first-order valence-corrected chi connectivity index (χ1v) is 42.3. The van der Waals surface area contributed by atoms with Crippen LogP contribution in [0.5, 0.6) is 0 Å². The fraction of sp³-hybridized carbons (Fsp3) is 0.805. The molecule has 11 amide bonds. The zero-order valence-electron chi connectivity index (χ0n) is 66.9. The summed E-state index contributed by atoms with van der Waals surface area (Å²) in [6.07, 6.45) is 22.8. The number of Topliss-reactive ketones (excluding diaryl/α,β-unsaturated/α-hetero) is 1. The first-order chi connectivity index (χ1) is 51.9. The summed E-state index contributed by atoms with van der Waals surface area (Å²) >= 11 is 13.4. The molecule has 0 aromatic heterocycles. The van der Waals surface area contributed by atoms with Gasteiger partial charge in [-0.2, -0.15) is 0 Å². The van der Waals surface area contributed by atoms with Crippen LogP contribution in [0.25, 0.3) is 0 Å². The van der Waals surface area contributed by atoms with E-state index in [-0.39, 0.29) is 117 Å². The highest BCUT2D eigenvalue weighted by atomic mass is 35.5. The molecule has 25 nitrogen and oxygen atoms in total. The molecule has 7 aliphatic heterocycles. The van der Waals surface area contributed by atoms with Crippen LogP contribution < -0.4 is 16.0 Å². The third kappa shape index (κ3) is 21.2. The molecule has 109 heavy (non-hydrogen) atoms. The molecule has 6 bridgehead atoms. The molecule has 27 heteroatoms. The molecular formula is C82H128Cl2N12O13. The third-order valence-corrected chi connectivity index (χ3v) is 27.5. The van der Waals surface area contributed by atoms with Crippen molar-refractivity contribution in [1.29, 1.82) is 0 Å². The van der Waals surface area contributed by atoms with Gasteiger partial charge in [0.15, 0.2) is 5.78 Å². The number of allylic oxidation sites excluding steroid dienone is 2. The van der Waals surface area contributed by atoms with Gasteiger partial charge < -0.3 is 59.9 Å². The van der Waals surface area contributed by atoms with E-state index in [4.69, 9.17) is 27.9 Å². The summed E-state index contributed by atoms with van der Waals surface area (Å²) in [6, 6.07) is -8.69. The van der Waals surface area contributed by atoms with E-state index in [1.54, 1.807) is 35.8 Å². The maximum absolute atomic E-state index is 16.0. The molecule has 3 N–H and O–H groups in total. The van der Waals surface area contributed by atoms with E-state index >= 15 is 43.2 Å². The van der Waals surface area contributed by atoms with Crippen LogP contribution in [0, 0.1) is 35.0 Å². The molecule has 7 fully saturated rings. The maximum Gasteiger partial charge on any atom is 0.248 e. The molecule has 12 aliphatic rings. The van der Waals surface area contributed by atoms with E-state index in [1.165, 1.54) is 50.5 Å². The second-order valence-corrected chi connectivity index (χ2v) is 36.3. The molecule has 5 saturated carbocycles. The van der Waals surface area contributed by atoms with Crippen molar-refractivity contribution in [2.24, 2.45) is 35.0 Å². The van der Waals surface area contributed by atoms with Gasteiger partial charge >= 0.3 is 0 Å². The van der Waals surface area contributed by atoms with Gasteiger partial charge in [-0.25, -0.2) is 0 Å². The molecule has 5 aliphatic carbocycles. The Hall–Kier alpha value is -6.18. The minimum atomic E-state index is -1.55. The molecule has 2 saturated heterocycles. The van der Waals surface area contributed by atoms with Gasteiger partial charge in [-0.3, -0.25) is 62.4 Å². The summed E-state index contributed by atoms with van der Waals surface area (Å²) in [5.74, 6) is -6.39. The highest BCUT2D eigenvalue weighted by molar-refractivity contribution is 6.30. The summed E-state index contributed by atoms with van der Waals surface area (Å²) in [7, 11) is 9.37. The molecule has 0 aromatic carbocycles. The first-order valence-electron chi connectivity index (χ1n) is 41.4. The van der Waals surface area contributed by atoms with Gasteiger partial charge in [-0.15, -0.1) is 23.2 Å². The number of carbonyl (C=O) groups is 12. The lowest BCUT2D eigenvalue weighted by Gasteiger charge is -2.54. The lowest BCUT2D eigenvalue weighted by atomic mass is 9.58. The van der Waals surface area contributed by atoms with Crippen molar-refractivity contribution < 1.29 is 62.3 Å². The number of nitrogens with zero attached hydrogens (tertiary/aromatic N) is 9. The summed E-state index contributed by atoms with van der Waals surface area (Å²) in [6.45, 7) is 7.88. The van der Waals surface area contributed by atoms with Gasteiger partial charge in [0.1, 0.15) is 41.8 Å². The van der Waals surface area contributed by atoms with Crippen molar-refractivity contribution in [3.8, 4) is 0 Å². The van der Waals surface area contributed by atoms with Gasteiger partial charge in [0, 0.05) is 85.7 Å². The summed E-state index contributed by atoms with van der Waals surface area (Å²) in [5.41, 5.74) is -2.01. The van der Waals surface area contributed by atoms with Crippen LogP contribution in [0.15, 0.2) is 24.3 Å². The molecule has 7 heterocycles. The van der Waals surface area contributed by atoms with Gasteiger partial charge in [-0.05, 0) is 196 Å². The zero-order chi connectivity index (χ0) is 78.8. The van der Waals surface area contributed by atoms with E-state index in [9.17, 15) is 14.4 Å². The average molecular weight is 1560 g/mol. The zero-order valence-corrected chi connectivity index (χ0v) is 68.4.